The lowest BCUT2D eigenvalue weighted by Gasteiger charge is -2.28. The summed E-state index contributed by atoms with van der Waals surface area (Å²) in [5, 5.41) is 0. The first-order valence-corrected chi connectivity index (χ1v) is 16.0. The number of nitrogens with one attached hydrogen (secondary N) is 1. The van der Waals surface area contributed by atoms with Crippen molar-refractivity contribution >= 4 is 19.5 Å². The molecule has 14 heteroatoms. The second kappa shape index (κ2) is 15.2. The third-order valence-corrected chi connectivity index (χ3v) is 9.62. The molecule has 232 valence electrons. The lowest BCUT2D eigenvalue weighted by atomic mass is 9.98. The van der Waals surface area contributed by atoms with E-state index in [1.165, 1.54) is 24.8 Å². The van der Waals surface area contributed by atoms with E-state index in [0.29, 0.717) is 0 Å². The van der Waals surface area contributed by atoms with E-state index in [9.17, 15) is 23.7 Å². The van der Waals surface area contributed by atoms with Gasteiger partial charge in [0.2, 0.25) is 0 Å². The first-order chi connectivity index (χ1) is 19.5. The van der Waals surface area contributed by atoms with Gasteiger partial charge in [-0.1, -0.05) is 13.3 Å². The summed E-state index contributed by atoms with van der Waals surface area (Å²) in [7, 11) is -2.13. The van der Waals surface area contributed by atoms with Gasteiger partial charge in [0, 0.05) is 18.9 Å². The summed E-state index contributed by atoms with van der Waals surface area (Å²) >= 11 is 0. The molecule has 1 N–H and O–H groups in total. The largest absolute Gasteiger partial charge is 0.462 e. The molecular formula is C27H43N2O11P. The molecule has 0 amide bonds. The fraction of sp³-hybridized carbons (Fsp3) is 0.778. The minimum absolute atomic E-state index is 0.0518. The summed E-state index contributed by atoms with van der Waals surface area (Å²) in [6.07, 6.45) is 1.61. The lowest BCUT2D eigenvalue weighted by Crippen LogP contribution is -2.42. The highest BCUT2D eigenvalue weighted by atomic mass is 31.2. The average molecular weight is 603 g/mol. The van der Waals surface area contributed by atoms with Gasteiger partial charge in [0.05, 0.1) is 32.2 Å². The SMILES string of the molecule is CCOP(=O)(C[C@H](C)[C@H]1O[C@@H](n2cc(C)c(=O)[nH]c2=O)[C@H](OC)[C@@H]1OC(=O)CCC(=O)OC1CCCCC1)OCC. The number of carbonyl (C=O) groups is 2. The number of aryl methyl sites for hydroxylation is 1. The van der Waals surface area contributed by atoms with Crippen molar-refractivity contribution in [2.24, 2.45) is 5.92 Å². The van der Waals surface area contributed by atoms with Gasteiger partial charge in [0.15, 0.2) is 12.3 Å². The van der Waals surface area contributed by atoms with Crippen molar-refractivity contribution in [1.29, 1.82) is 0 Å². The Morgan fingerprint density at radius 1 is 1.05 bits per heavy atom. The summed E-state index contributed by atoms with van der Waals surface area (Å²) in [4.78, 5) is 52.2. The monoisotopic (exact) mass is 602 g/mol. The number of rotatable bonds is 14. The molecule has 1 aromatic heterocycles. The summed E-state index contributed by atoms with van der Waals surface area (Å²) in [5.41, 5.74) is -1.01. The molecule has 0 unspecified atom stereocenters. The number of esters is 2. The molecule has 5 atom stereocenters. The molecule has 2 aliphatic rings. The molecule has 0 aromatic carbocycles. The van der Waals surface area contributed by atoms with E-state index < -0.39 is 61.2 Å². The molecule has 13 nitrogen and oxygen atoms in total. The van der Waals surface area contributed by atoms with Crippen LogP contribution in [0.25, 0.3) is 0 Å². The van der Waals surface area contributed by atoms with Gasteiger partial charge in [-0.2, -0.15) is 0 Å². The van der Waals surface area contributed by atoms with Crippen LogP contribution in [0.2, 0.25) is 0 Å². The number of aromatic amines is 1. The van der Waals surface area contributed by atoms with Crippen LogP contribution in [0.1, 0.15) is 77.5 Å². The number of H-pyrrole nitrogens is 1. The van der Waals surface area contributed by atoms with Crippen molar-refractivity contribution in [3.05, 3.63) is 32.6 Å². The van der Waals surface area contributed by atoms with Crippen molar-refractivity contribution in [2.45, 2.75) is 103 Å². The zero-order chi connectivity index (χ0) is 30.2. The van der Waals surface area contributed by atoms with Gasteiger partial charge in [-0.25, -0.2) is 4.79 Å². The van der Waals surface area contributed by atoms with Crippen molar-refractivity contribution < 1.29 is 42.1 Å². The molecule has 1 aliphatic heterocycles. The van der Waals surface area contributed by atoms with E-state index in [0.717, 1.165) is 32.1 Å². The second-order valence-electron chi connectivity index (χ2n) is 10.5. The second-order valence-corrected chi connectivity index (χ2v) is 12.6. The molecule has 2 heterocycles. The molecule has 2 fully saturated rings. The van der Waals surface area contributed by atoms with Crippen molar-refractivity contribution in [3.8, 4) is 0 Å². The summed E-state index contributed by atoms with van der Waals surface area (Å²) in [5.74, 6) is -1.69. The predicted octanol–water partition coefficient (Wildman–Crippen LogP) is 3.23. The molecular weight excluding hydrogens is 559 g/mol. The van der Waals surface area contributed by atoms with Crippen LogP contribution in [0.4, 0.5) is 0 Å². The Kier molecular flexibility index (Phi) is 12.3. The van der Waals surface area contributed by atoms with Crippen LogP contribution in [0.3, 0.4) is 0 Å². The van der Waals surface area contributed by atoms with E-state index in [1.807, 2.05) is 0 Å². The lowest BCUT2D eigenvalue weighted by molar-refractivity contribution is -0.161. The van der Waals surface area contributed by atoms with Crippen LogP contribution >= 0.6 is 7.60 Å². The number of ether oxygens (including phenoxy) is 4. The van der Waals surface area contributed by atoms with E-state index in [4.69, 9.17) is 28.0 Å². The zero-order valence-electron chi connectivity index (χ0n) is 24.5. The zero-order valence-corrected chi connectivity index (χ0v) is 25.4. The highest BCUT2D eigenvalue weighted by molar-refractivity contribution is 7.53. The molecule has 0 spiro atoms. The Hall–Kier alpha value is -2.31. The summed E-state index contributed by atoms with van der Waals surface area (Å²) < 4.78 is 48.6. The number of aromatic nitrogens is 2. The maximum Gasteiger partial charge on any atom is 0.331 e. The molecule has 1 saturated carbocycles. The number of hydrogen-bond donors (Lipinski definition) is 1. The van der Waals surface area contributed by atoms with E-state index in [2.05, 4.69) is 4.98 Å². The number of hydrogen-bond acceptors (Lipinski definition) is 11. The number of carbonyl (C=O) groups excluding carboxylic acids is 2. The molecule has 41 heavy (non-hydrogen) atoms. The van der Waals surface area contributed by atoms with E-state index >= 15 is 0 Å². The Morgan fingerprint density at radius 2 is 1.66 bits per heavy atom. The topological polar surface area (TPSA) is 161 Å². The molecule has 1 saturated heterocycles. The van der Waals surface area contributed by atoms with Gasteiger partial charge in [0.25, 0.3) is 5.56 Å². The summed E-state index contributed by atoms with van der Waals surface area (Å²) in [6, 6.07) is 0. The predicted molar refractivity (Wildman–Crippen MR) is 148 cm³/mol. The standard InChI is InChI=1S/C27H43N2O11P/c1-6-36-41(34,37-7-2)16-18(4)22-23(39-21(31)14-13-20(30)38-19-11-9-8-10-12-19)24(35-5)26(40-22)29-15-17(3)25(32)28-27(29)33/h15,18-19,22-24,26H,6-14,16H2,1-5H3,(H,28,32,33)/t18-,22+,23+,24+,26+/m0/s1. The van der Waals surface area contributed by atoms with Gasteiger partial charge < -0.3 is 28.0 Å². The maximum absolute atomic E-state index is 13.3. The van der Waals surface area contributed by atoms with Crippen molar-refractivity contribution in [1.82, 2.24) is 9.55 Å². The normalized spacial score (nSPS) is 24.2. The third kappa shape index (κ3) is 8.84. The number of nitrogens with zero attached hydrogens (tertiary/aromatic N) is 1. The number of methoxy groups -OCH3 is 1. The quantitative estimate of drug-likeness (QED) is 0.246. The Morgan fingerprint density at radius 3 is 2.24 bits per heavy atom. The third-order valence-electron chi connectivity index (χ3n) is 7.29. The first kappa shape index (κ1) is 33.2. The Labute approximate surface area is 239 Å². The van der Waals surface area contributed by atoms with Crippen LogP contribution in [-0.2, 0) is 42.1 Å². The minimum atomic E-state index is -3.51. The van der Waals surface area contributed by atoms with Crippen LogP contribution in [0.5, 0.6) is 0 Å². The van der Waals surface area contributed by atoms with Crippen molar-refractivity contribution in [3.63, 3.8) is 0 Å². The molecule has 1 aromatic rings. The van der Waals surface area contributed by atoms with Gasteiger partial charge in [-0.05, 0) is 52.4 Å². The molecule has 0 bridgehead atoms. The van der Waals surface area contributed by atoms with E-state index in [-0.39, 0.29) is 43.9 Å². The maximum atomic E-state index is 13.3. The van der Waals surface area contributed by atoms with Gasteiger partial charge in [-0.15, -0.1) is 0 Å². The average Bonchev–Trinajstić information content (AvgIpc) is 3.28. The van der Waals surface area contributed by atoms with Crippen LogP contribution in [0, 0.1) is 12.8 Å². The fourth-order valence-electron chi connectivity index (χ4n) is 5.34. The first-order valence-electron chi connectivity index (χ1n) is 14.3. The molecule has 0 radical (unpaired) electrons. The Balaban J connectivity index is 1.81. The smallest absolute Gasteiger partial charge is 0.331 e. The summed E-state index contributed by atoms with van der Waals surface area (Å²) in [6.45, 7) is 7.02. The van der Waals surface area contributed by atoms with Crippen LogP contribution in [0.15, 0.2) is 15.8 Å². The van der Waals surface area contributed by atoms with Crippen molar-refractivity contribution in [2.75, 3.05) is 26.5 Å². The van der Waals surface area contributed by atoms with Gasteiger partial charge in [-0.3, -0.25) is 28.5 Å². The Bertz CT molecular complexity index is 1180. The highest BCUT2D eigenvalue weighted by Crippen LogP contribution is 2.51. The minimum Gasteiger partial charge on any atom is -0.462 e. The molecule has 1 aliphatic carbocycles. The highest BCUT2D eigenvalue weighted by Gasteiger charge is 2.52. The van der Waals surface area contributed by atoms with Gasteiger partial charge in [0.1, 0.15) is 18.3 Å². The van der Waals surface area contributed by atoms with Gasteiger partial charge >= 0.3 is 25.2 Å². The molecule has 3 rings (SSSR count). The van der Waals surface area contributed by atoms with Crippen LogP contribution in [-0.4, -0.2) is 72.4 Å². The fourth-order valence-corrected chi connectivity index (χ4v) is 7.33. The van der Waals surface area contributed by atoms with Crippen LogP contribution < -0.4 is 11.2 Å². The van der Waals surface area contributed by atoms with E-state index in [1.54, 1.807) is 20.8 Å².